The second-order valence-electron chi connectivity index (χ2n) is 5.72. The lowest BCUT2D eigenvalue weighted by molar-refractivity contribution is -0.116. The third kappa shape index (κ3) is 4.66. The first-order valence-electron chi connectivity index (χ1n) is 7.87. The minimum Gasteiger partial charge on any atom is -0.325 e. The molecule has 9 heteroatoms. The van der Waals surface area contributed by atoms with Crippen molar-refractivity contribution in [2.75, 3.05) is 5.32 Å². The van der Waals surface area contributed by atoms with Gasteiger partial charge in [-0.2, -0.15) is 0 Å². The van der Waals surface area contributed by atoms with Crippen molar-refractivity contribution in [1.29, 1.82) is 0 Å². The number of sulfonamides is 1. The van der Waals surface area contributed by atoms with Gasteiger partial charge < -0.3 is 5.32 Å². The van der Waals surface area contributed by atoms with Gasteiger partial charge in [0.05, 0.1) is 16.9 Å². The number of carbonyl (C=O) groups excluding carboxylic acids is 1. The van der Waals surface area contributed by atoms with Crippen LogP contribution in [0.3, 0.4) is 0 Å². The third-order valence-electron chi connectivity index (χ3n) is 3.73. The Morgan fingerprint density at radius 3 is 2.33 bits per heavy atom. The van der Waals surface area contributed by atoms with Crippen LogP contribution in [0.15, 0.2) is 76.7 Å². The molecule has 3 aromatic rings. The first-order chi connectivity index (χ1) is 12.8. The minimum atomic E-state index is -3.80. The highest BCUT2D eigenvalue weighted by Gasteiger charge is 2.10. The van der Waals surface area contributed by atoms with Gasteiger partial charge in [0.2, 0.25) is 15.9 Å². The van der Waals surface area contributed by atoms with Crippen LogP contribution in [0.1, 0.15) is 0 Å². The zero-order valence-electron chi connectivity index (χ0n) is 14.1. The largest absolute Gasteiger partial charge is 0.325 e. The summed E-state index contributed by atoms with van der Waals surface area (Å²) >= 11 is 0. The van der Waals surface area contributed by atoms with Gasteiger partial charge >= 0.3 is 0 Å². The first-order valence-corrected chi connectivity index (χ1v) is 9.42. The number of anilines is 1. The van der Waals surface area contributed by atoms with E-state index in [1.807, 2.05) is 30.3 Å². The number of carbonyl (C=O) groups is 1. The number of primary sulfonamides is 1. The quantitative estimate of drug-likeness (QED) is 0.684. The van der Waals surface area contributed by atoms with Gasteiger partial charge in [-0.3, -0.25) is 14.2 Å². The van der Waals surface area contributed by atoms with Crippen molar-refractivity contribution in [2.24, 2.45) is 5.14 Å². The molecule has 0 atom stereocenters. The Hall–Kier alpha value is -3.30. The van der Waals surface area contributed by atoms with E-state index in [9.17, 15) is 18.0 Å². The molecule has 0 radical (unpaired) electrons. The summed E-state index contributed by atoms with van der Waals surface area (Å²) in [4.78, 5) is 28.5. The number of rotatable bonds is 5. The van der Waals surface area contributed by atoms with E-state index >= 15 is 0 Å². The molecule has 1 amide bonds. The molecule has 0 unspecified atom stereocenters. The summed E-state index contributed by atoms with van der Waals surface area (Å²) < 4.78 is 23.6. The van der Waals surface area contributed by atoms with Crippen LogP contribution in [0.25, 0.3) is 11.3 Å². The summed E-state index contributed by atoms with van der Waals surface area (Å²) in [5, 5.41) is 7.60. The lowest BCUT2D eigenvalue weighted by Crippen LogP contribution is -2.27. The van der Waals surface area contributed by atoms with Crippen molar-refractivity contribution in [3.8, 4) is 11.3 Å². The van der Waals surface area contributed by atoms with Gasteiger partial charge in [0.15, 0.2) is 0 Å². The fraction of sp³-hybridized carbons (Fsp3) is 0.0556. The van der Waals surface area contributed by atoms with E-state index in [-0.39, 0.29) is 17.0 Å². The Balaban J connectivity index is 1.70. The molecule has 8 nitrogen and oxygen atoms in total. The number of nitrogens with one attached hydrogen (secondary N) is 1. The van der Waals surface area contributed by atoms with Gasteiger partial charge in [0.1, 0.15) is 6.54 Å². The molecule has 0 aliphatic heterocycles. The Kier molecular flexibility index (Phi) is 5.15. The van der Waals surface area contributed by atoms with Crippen molar-refractivity contribution < 1.29 is 13.2 Å². The number of amides is 1. The smallest absolute Gasteiger partial charge is 0.254 e. The number of nitrogens with two attached hydrogens (primary N) is 1. The van der Waals surface area contributed by atoms with Crippen LogP contribution >= 0.6 is 0 Å². The third-order valence-corrected chi connectivity index (χ3v) is 4.66. The van der Waals surface area contributed by atoms with E-state index in [1.54, 1.807) is 0 Å². The van der Waals surface area contributed by atoms with Gasteiger partial charge in [-0.05, 0) is 24.3 Å². The molecule has 1 aromatic heterocycles. The van der Waals surface area contributed by atoms with Gasteiger partial charge in [-0.15, -0.1) is 0 Å². The van der Waals surface area contributed by atoms with Gasteiger partial charge in [0, 0.05) is 17.3 Å². The second-order valence-corrected chi connectivity index (χ2v) is 7.29. The van der Waals surface area contributed by atoms with E-state index < -0.39 is 15.9 Å². The van der Waals surface area contributed by atoms with Crippen LogP contribution < -0.4 is 16.0 Å². The molecule has 27 heavy (non-hydrogen) atoms. The number of nitrogens with zero attached hydrogens (tertiary/aromatic N) is 2. The monoisotopic (exact) mass is 384 g/mol. The normalized spacial score (nSPS) is 11.1. The summed E-state index contributed by atoms with van der Waals surface area (Å²) in [6, 6.07) is 16.0. The average Bonchev–Trinajstić information content (AvgIpc) is 2.64. The number of hydrogen-bond acceptors (Lipinski definition) is 5. The highest BCUT2D eigenvalue weighted by Crippen LogP contribution is 2.14. The fourth-order valence-corrected chi connectivity index (χ4v) is 2.91. The molecule has 138 valence electrons. The van der Waals surface area contributed by atoms with Crippen molar-refractivity contribution >= 4 is 21.6 Å². The topological polar surface area (TPSA) is 124 Å². The molecule has 0 fully saturated rings. The van der Waals surface area contributed by atoms with Crippen LogP contribution in [0, 0.1) is 0 Å². The maximum absolute atomic E-state index is 12.2. The summed E-state index contributed by atoms with van der Waals surface area (Å²) in [6.07, 6.45) is 1.31. The van der Waals surface area contributed by atoms with E-state index in [1.165, 1.54) is 41.2 Å². The molecular formula is C18H16N4O4S. The van der Waals surface area contributed by atoms with Gasteiger partial charge in [-0.25, -0.2) is 18.5 Å². The maximum atomic E-state index is 12.2. The summed E-state index contributed by atoms with van der Waals surface area (Å²) in [5.74, 6) is -0.449. The molecule has 1 heterocycles. The Bertz CT molecular complexity index is 1120. The number of benzene rings is 2. The average molecular weight is 384 g/mol. The molecule has 0 saturated heterocycles. The van der Waals surface area contributed by atoms with E-state index in [4.69, 9.17) is 5.14 Å². The van der Waals surface area contributed by atoms with Crippen molar-refractivity contribution in [1.82, 2.24) is 9.55 Å². The summed E-state index contributed by atoms with van der Waals surface area (Å²) in [7, 11) is -3.80. The minimum absolute atomic E-state index is 0.0579. The van der Waals surface area contributed by atoms with E-state index in [2.05, 4.69) is 10.3 Å². The zero-order chi connectivity index (χ0) is 19.4. The second kappa shape index (κ2) is 7.52. The van der Waals surface area contributed by atoms with Crippen LogP contribution in [0.4, 0.5) is 5.69 Å². The lowest BCUT2D eigenvalue weighted by atomic mass is 10.1. The lowest BCUT2D eigenvalue weighted by Gasteiger charge is -2.08. The van der Waals surface area contributed by atoms with Crippen molar-refractivity contribution in [3.05, 3.63) is 77.3 Å². The van der Waals surface area contributed by atoms with Crippen molar-refractivity contribution in [2.45, 2.75) is 11.4 Å². The standard InChI is InChI=1S/C18H16N4O4S/c19-27(25,26)15-8-6-14(7-9-15)21-17(23)11-22-12-20-16(10-18(22)24)13-4-2-1-3-5-13/h1-10,12H,11H2,(H,21,23)(H2,19,25,26). The van der Waals surface area contributed by atoms with Gasteiger partial charge in [0.25, 0.3) is 5.56 Å². The van der Waals surface area contributed by atoms with Crippen LogP contribution in [0.5, 0.6) is 0 Å². The number of hydrogen-bond donors (Lipinski definition) is 2. The molecule has 0 aliphatic carbocycles. The highest BCUT2D eigenvalue weighted by molar-refractivity contribution is 7.89. The highest BCUT2D eigenvalue weighted by atomic mass is 32.2. The predicted octanol–water partition coefficient (Wildman–Crippen LogP) is 1.20. The molecule has 3 rings (SSSR count). The number of aromatic nitrogens is 2. The fourth-order valence-electron chi connectivity index (χ4n) is 2.39. The Morgan fingerprint density at radius 2 is 1.74 bits per heavy atom. The molecule has 3 N–H and O–H groups in total. The molecule has 0 aliphatic rings. The zero-order valence-corrected chi connectivity index (χ0v) is 14.9. The molecule has 0 spiro atoms. The predicted molar refractivity (Wildman–Crippen MR) is 100 cm³/mol. The Morgan fingerprint density at radius 1 is 1.07 bits per heavy atom. The maximum Gasteiger partial charge on any atom is 0.254 e. The van der Waals surface area contributed by atoms with Crippen LogP contribution in [-0.2, 0) is 21.4 Å². The summed E-state index contributed by atoms with van der Waals surface area (Å²) in [6.45, 7) is -0.224. The van der Waals surface area contributed by atoms with Gasteiger partial charge in [-0.1, -0.05) is 30.3 Å². The van der Waals surface area contributed by atoms with Crippen LogP contribution in [-0.4, -0.2) is 23.9 Å². The molecule has 0 saturated carbocycles. The summed E-state index contributed by atoms with van der Waals surface area (Å²) in [5.41, 5.74) is 1.36. The molecular weight excluding hydrogens is 368 g/mol. The molecule has 2 aromatic carbocycles. The van der Waals surface area contributed by atoms with E-state index in [0.29, 0.717) is 11.4 Å². The SMILES string of the molecule is NS(=O)(=O)c1ccc(NC(=O)Cn2cnc(-c3ccccc3)cc2=O)cc1. The van der Waals surface area contributed by atoms with E-state index in [0.717, 1.165) is 5.56 Å². The molecule has 0 bridgehead atoms. The first kappa shape index (κ1) is 18.5. The van der Waals surface area contributed by atoms with Crippen molar-refractivity contribution in [3.63, 3.8) is 0 Å². The van der Waals surface area contributed by atoms with Crippen LogP contribution in [0.2, 0.25) is 0 Å². The Labute approximate surface area is 155 Å².